The molecular formula is C11H15N3O2. The van der Waals surface area contributed by atoms with E-state index < -0.39 is 5.41 Å². The predicted molar refractivity (Wildman–Crippen MR) is 60.2 cm³/mol. The van der Waals surface area contributed by atoms with Gasteiger partial charge in [-0.1, -0.05) is 20.8 Å². The van der Waals surface area contributed by atoms with Crippen LogP contribution in [0.1, 0.15) is 36.8 Å². The molecule has 0 atom stereocenters. The number of aldehydes is 1. The highest BCUT2D eigenvalue weighted by Gasteiger charge is 2.22. The van der Waals surface area contributed by atoms with Crippen LogP contribution in [0, 0.1) is 12.3 Å². The number of rotatable bonds is 2. The third kappa shape index (κ3) is 2.85. The van der Waals surface area contributed by atoms with Gasteiger partial charge in [-0.05, 0) is 6.92 Å². The molecule has 0 aliphatic carbocycles. The molecule has 1 aromatic rings. The van der Waals surface area contributed by atoms with E-state index in [2.05, 4.69) is 15.3 Å². The number of anilines is 1. The van der Waals surface area contributed by atoms with Crippen LogP contribution in [-0.4, -0.2) is 22.2 Å². The van der Waals surface area contributed by atoms with Crippen molar-refractivity contribution in [2.45, 2.75) is 27.7 Å². The van der Waals surface area contributed by atoms with Crippen molar-refractivity contribution < 1.29 is 9.59 Å². The number of aryl methyl sites for hydroxylation is 1. The van der Waals surface area contributed by atoms with Gasteiger partial charge in [0.15, 0.2) is 6.29 Å². The molecule has 0 spiro atoms. The van der Waals surface area contributed by atoms with Crippen molar-refractivity contribution >= 4 is 18.1 Å². The summed E-state index contributed by atoms with van der Waals surface area (Å²) >= 11 is 0. The van der Waals surface area contributed by atoms with Crippen LogP contribution in [0.3, 0.4) is 0 Å². The molecule has 0 unspecified atom stereocenters. The van der Waals surface area contributed by atoms with Gasteiger partial charge >= 0.3 is 0 Å². The fourth-order valence-electron chi connectivity index (χ4n) is 0.941. The van der Waals surface area contributed by atoms with Crippen molar-refractivity contribution in [1.29, 1.82) is 0 Å². The first-order valence-electron chi connectivity index (χ1n) is 4.95. The molecule has 0 aromatic carbocycles. The number of aromatic nitrogens is 2. The average Bonchev–Trinajstić information content (AvgIpc) is 2.16. The lowest BCUT2D eigenvalue weighted by Gasteiger charge is -2.16. The molecular weight excluding hydrogens is 206 g/mol. The molecule has 0 fully saturated rings. The van der Waals surface area contributed by atoms with E-state index in [0.29, 0.717) is 17.5 Å². The minimum atomic E-state index is -0.499. The van der Waals surface area contributed by atoms with Gasteiger partial charge in [-0.15, -0.1) is 0 Å². The summed E-state index contributed by atoms with van der Waals surface area (Å²) in [5.74, 6) is 0.0637. The average molecular weight is 221 g/mol. The maximum atomic E-state index is 11.6. The Kier molecular flexibility index (Phi) is 3.37. The highest BCUT2D eigenvalue weighted by molar-refractivity contribution is 5.93. The number of carbonyl (C=O) groups excluding carboxylic acids is 2. The number of carbonyl (C=O) groups is 2. The molecule has 5 heteroatoms. The van der Waals surface area contributed by atoms with Gasteiger partial charge in [-0.3, -0.25) is 14.9 Å². The van der Waals surface area contributed by atoms with Crippen LogP contribution in [0.4, 0.5) is 5.95 Å². The second-order valence-electron chi connectivity index (χ2n) is 4.56. The predicted octanol–water partition coefficient (Wildman–Crippen LogP) is 1.58. The quantitative estimate of drug-likeness (QED) is 0.769. The molecule has 0 aliphatic heterocycles. The molecule has 0 bridgehead atoms. The van der Waals surface area contributed by atoms with Crippen molar-refractivity contribution in [3.63, 3.8) is 0 Å². The van der Waals surface area contributed by atoms with Crippen LogP contribution in [0.15, 0.2) is 6.20 Å². The van der Waals surface area contributed by atoms with Gasteiger partial charge in [0.2, 0.25) is 11.9 Å². The van der Waals surface area contributed by atoms with Crippen LogP contribution in [0.5, 0.6) is 0 Å². The van der Waals surface area contributed by atoms with Gasteiger partial charge in [0, 0.05) is 11.6 Å². The molecule has 0 aliphatic rings. The molecule has 0 saturated heterocycles. The minimum Gasteiger partial charge on any atom is -0.298 e. The van der Waals surface area contributed by atoms with Gasteiger partial charge in [0.25, 0.3) is 0 Å². The third-order valence-corrected chi connectivity index (χ3v) is 2.05. The second kappa shape index (κ2) is 4.38. The minimum absolute atomic E-state index is 0.161. The zero-order chi connectivity index (χ0) is 12.3. The van der Waals surface area contributed by atoms with Crippen molar-refractivity contribution in [2.75, 3.05) is 5.32 Å². The molecule has 1 aromatic heterocycles. The molecule has 0 saturated carbocycles. The first-order valence-corrected chi connectivity index (χ1v) is 4.95. The van der Waals surface area contributed by atoms with Gasteiger partial charge < -0.3 is 0 Å². The van der Waals surface area contributed by atoms with E-state index in [1.165, 1.54) is 6.20 Å². The summed E-state index contributed by atoms with van der Waals surface area (Å²) in [5, 5.41) is 2.60. The largest absolute Gasteiger partial charge is 0.298 e. The number of hydrogen-bond donors (Lipinski definition) is 1. The molecule has 16 heavy (non-hydrogen) atoms. The number of hydrogen-bond acceptors (Lipinski definition) is 4. The number of nitrogens with one attached hydrogen (secondary N) is 1. The number of amides is 1. The molecule has 5 nitrogen and oxygen atoms in total. The van der Waals surface area contributed by atoms with Crippen molar-refractivity contribution in [1.82, 2.24) is 9.97 Å². The summed E-state index contributed by atoms with van der Waals surface area (Å²) in [6.07, 6.45) is 2.08. The van der Waals surface area contributed by atoms with Crippen molar-refractivity contribution in [3.8, 4) is 0 Å². The van der Waals surface area contributed by atoms with E-state index in [1.807, 2.05) is 0 Å². The molecule has 1 rings (SSSR count). The van der Waals surface area contributed by atoms with E-state index in [-0.39, 0.29) is 11.9 Å². The van der Waals surface area contributed by atoms with Gasteiger partial charge in [-0.2, -0.15) is 0 Å². The maximum absolute atomic E-state index is 11.6. The van der Waals surface area contributed by atoms with E-state index >= 15 is 0 Å². The first kappa shape index (κ1) is 12.3. The third-order valence-electron chi connectivity index (χ3n) is 2.05. The molecule has 1 N–H and O–H groups in total. The Morgan fingerprint density at radius 2 is 2.06 bits per heavy atom. The fourth-order valence-corrected chi connectivity index (χ4v) is 0.941. The van der Waals surface area contributed by atoms with E-state index in [9.17, 15) is 9.59 Å². The van der Waals surface area contributed by atoms with E-state index in [0.717, 1.165) is 0 Å². The summed E-state index contributed by atoms with van der Waals surface area (Å²) in [6, 6.07) is 0. The Morgan fingerprint density at radius 3 is 2.50 bits per heavy atom. The highest BCUT2D eigenvalue weighted by atomic mass is 16.2. The topological polar surface area (TPSA) is 72.0 Å². The summed E-state index contributed by atoms with van der Waals surface area (Å²) in [4.78, 5) is 30.1. The monoisotopic (exact) mass is 221 g/mol. The lowest BCUT2D eigenvalue weighted by Crippen LogP contribution is -2.28. The lowest BCUT2D eigenvalue weighted by molar-refractivity contribution is -0.123. The van der Waals surface area contributed by atoms with E-state index in [1.54, 1.807) is 27.7 Å². The SMILES string of the molecule is Cc1nc(NC(=O)C(C)(C)C)ncc1C=O. The van der Waals surface area contributed by atoms with Crippen LogP contribution >= 0.6 is 0 Å². The fraction of sp³-hybridized carbons (Fsp3) is 0.455. The summed E-state index contributed by atoms with van der Waals surface area (Å²) in [6.45, 7) is 7.09. The van der Waals surface area contributed by atoms with Gasteiger partial charge in [-0.25, -0.2) is 9.97 Å². The lowest BCUT2D eigenvalue weighted by atomic mass is 9.96. The van der Waals surface area contributed by atoms with Crippen LogP contribution in [0.25, 0.3) is 0 Å². The maximum Gasteiger partial charge on any atom is 0.232 e. The normalized spacial score (nSPS) is 11.0. The smallest absolute Gasteiger partial charge is 0.232 e. The Hall–Kier alpha value is -1.78. The van der Waals surface area contributed by atoms with Crippen LogP contribution in [0.2, 0.25) is 0 Å². The Balaban J connectivity index is 2.88. The molecule has 1 heterocycles. The van der Waals surface area contributed by atoms with Crippen molar-refractivity contribution in [2.24, 2.45) is 5.41 Å². The summed E-state index contributed by atoms with van der Waals surface area (Å²) in [5.41, 5.74) is 0.476. The number of nitrogens with zero attached hydrogens (tertiary/aromatic N) is 2. The van der Waals surface area contributed by atoms with Crippen LogP contribution in [-0.2, 0) is 4.79 Å². The Bertz CT molecular complexity index is 422. The molecule has 0 radical (unpaired) electrons. The Labute approximate surface area is 94.3 Å². The van der Waals surface area contributed by atoms with Gasteiger partial charge in [0.05, 0.1) is 11.3 Å². The zero-order valence-electron chi connectivity index (χ0n) is 9.87. The Morgan fingerprint density at radius 1 is 1.44 bits per heavy atom. The summed E-state index contributed by atoms with van der Waals surface area (Å²) in [7, 11) is 0. The zero-order valence-corrected chi connectivity index (χ0v) is 9.87. The summed E-state index contributed by atoms with van der Waals surface area (Å²) < 4.78 is 0. The highest BCUT2D eigenvalue weighted by Crippen LogP contribution is 2.15. The standard InChI is InChI=1S/C11H15N3O2/c1-7-8(6-15)5-12-10(13-7)14-9(16)11(2,3)4/h5-6H,1-4H3,(H,12,13,14,16). The van der Waals surface area contributed by atoms with E-state index in [4.69, 9.17) is 0 Å². The molecule has 86 valence electrons. The molecule has 1 amide bonds. The van der Waals surface area contributed by atoms with Crippen LogP contribution < -0.4 is 5.32 Å². The van der Waals surface area contributed by atoms with Crippen molar-refractivity contribution in [3.05, 3.63) is 17.5 Å². The van der Waals surface area contributed by atoms with Gasteiger partial charge in [0.1, 0.15) is 0 Å². The first-order chi connectivity index (χ1) is 7.34. The second-order valence-corrected chi connectivity index (χ2v) is 4.56.